The Morgan fingerprint density at radius 1 is 1.16 bits per heavy atom. The lowest BCUT2D eigenvalue weighted by atomic mass is 10.1. The summed E-state index contributed by atoms with van der Waals surface area (Å²) in [5.74, 6) is -0.463. The van der Waals surface area contributed by atoms with Gasteiger partial charge in [-0.1, -0.05) is 35.9 Å². The van der Waals surface area contributed by atoms with Gasteiger partial charge in [-0.05, 0) is 29.8 Å². The number of carbonyl (C=O) groups excluding carboxylic acids is 1. The van der Waals surface area contributed by atoms with Crippen LogP contribution >= 0.6 is 11.6 Å². The number of halogens is 1. The molecule has 0 saturated heterocycles. The molecule has 0 heterocycles. The van der Waals surface area contributed by atoms with Gasteiger partial charge in [0.2, 0.25) is 0 Å². The summed E-state index contributed by atoms with van der Waals surface area (Å²) < 4.78 is 5.16. The smallest absolute Gasteiger partial charge is 0.339 e. The number of rotatable bonds is 3. The average Bonchev–Trinajstić information content (AvgIpc) is 2.46. The maximum absolute atomic E-state index is 11.8. The van der Waals surface area contributed by atoms with E-state index in [2.05, 4.69) is 0 Å². The van der Waals surface area contributed by atoms with Crippen LogP contribution in [0.4, 0.5) is 0 Å². The second-order valence-corrected chi connectivity index (χ2v) is 4.27. The van der Waals surface area contributed by atoms with E-state index in [-0.39, 0.29) is 6.61 Å². The summed E-state index contributed by atoms with van der Waals surface area (Å²) in [6, 6.07) is 15.6. The summed E-state index contributed by atoms with van der Waals surface area (Å²) in [6.45, 7) is 0.149. The zero-order valence-corrected chi connectivity index (χ0v) is 10.7. The van der Waals surface area contributed by atoms with E-state index in [9.17, 15) is 4.79 Å². The Balaban J connectivity index is 2.01. The molecule has 0 atom stereocenters. The van der Waals surface area contributed by atoms with Crippen LogP contribution in [0.1, 0.15) is 21.5 Å². The lowest BCUT2D eigenvalue weighted by molar-refractivity contribution is 0.0473. The van der Waals surface area contributed by atoms with Gasteiger partial charge in [0, 0.05) is 0 Å². The van der Waals surface area contributed by atoms with Crippen LogP contribution in [0.25, 0.3) is 0 Å². The van der Waals surface area contributed by atoms with Gasteiger partial charge in [0.15, 0.2) is 0 Å². The third-order valence-corrected chi connectivity index (χ3v) is 2.88. The van der Waals surface area contributed by atoms with Crippen LogP contribution in [-0.4, -0.2) is 5.97 Å². The summed E-state index contributed by atoms with van der Waals surface area (Å²) in [4.78, 5) is 11.8. The molecule has 0 amide bonds. The van der Waals surface area contributed by atoms with Crippen molar-refractivity contribution in [3.05, 3.63) is 70.2 Å². The van der Waals surface area contributed by atoms with Crippen molar-refractivity contribution in [1.82, 2.24) is 0 Å². The molecule has 3 nitrogen and oxygen atoms in total. The maximum atomic E-state index is 11.8. The van der Waals surface area contributed by atoms with Crippen molar-refractivity contribution in [1.29, 1.82) is 5.26 Å². The van der Waals surface area contributed by atoms with Gasteiger partial charge in [-0.2, -0.15) is 5.26 Å². The fourth-order valence-corrected chi connectivity index (χ4v) is 1.74. The molecule has 0 radical (unpaired) electrons. The molecule has 0 fully saturated rings. The lowest BCUT2D eigenvalue weighted by Gasteiger charge is -2.06. The summed E-state index contributed by atoms with van der Waals surface area (Å²) >= 11 is 5.90. The summed E-state index contributed by atoms with van der Waals surface area (Å²) in [5, 5.41) is 9.04. The topological polar surface area (TPSA) is 50.1 Å². The molecule has 19 heavy (non-hydrogen) atoms. The van der Waals surface area contributed by atoms with Crippen LogP contribution in [0.5, 0.6) is 0 Å². The number of hydrogen-bond acceptors (Lipinski definition) is 3. The molecule has 4 heteroatoms. The van der Waals surface area contributed by atoms with Gasteiger partial charge in [0.25, 0.3) is 0 Å². The molecule has 0 aromatic heterocycles. The number of ether oxygens (including phenoxy) is 1. The number of nitrogens with zero attached hydrogens (tertiary/aromatic N) is 1. The molecule has 2 aromatic carbocycles. The molecular formula is C15H10ClNO2. The minimum Gasteiger partial charge on any atom is -0.457 e. The second-order valence-electron chi connectivity index (χ2n) is 3.86. The first-order chi connectivity index (χ1) is 9.20. The van der Waals surface area contributed by atoms with E-state index in [0.29, 0.717) is 16.1 Å². The minimum atomic E-state index is -0.463. The molecule has 94 valence electrons. The summed E-state index contributed by atoms with van der Waals surface area (Å²) in [6.07, 6.45) is 0. The first kappa shape index (κ1) is 13.1. The van der Waals surface area contributed by atoms with Crippen LogP contribution < -0.4 is 0 Å². The van der Waals surface area contributed by atoms with Crippen LogP contribution in [0.3, 0.4) is 0 Å². The van der Waals surface area contributed by atoms with Gasteiger partial charge in [-0.15, -0.1) is 0 Å². The van der Waals surface area contributed by atoms with E-state index in [1.807, 2.05) is 6.07 Å². The van der Waals surface area contributed by atoms with E-state index >= 15 is 0 Å². The normalized spacial score (nSPS) is 9.68. The zero-order valence-electron chi connectivity index (χ0n) is 9.97. The van der Waals surface area contributed by atoms with E-state index < -0.39 is 5.97 Å². The summed E-state index contributed by atoms with van der Waals surface area (Å²) in [7, 11) is 0. The van der Waals surface area contributed by atoms with Crippen LogP contribution in [0.15, 0.2) is 48.5 Å². The van der Waals surface area contributed by atoms with E-state index in [0.717, 1.165) is 5.56 Å². The van der Waals surface area contributed by atoms with Crippen molar-refractivity contribution in [3.63, 3.8) is 0 Å². The molecule has 0 aliphatic heterocycles. The van der Waals surface area contributed by atoms with Crippen molar-refractivity contribution >= 4 is 17.6 Å². The number of hydrogen-bond donors (Lipinski definition) is 0. The fraction of sp³-hybridized carbons (Fsp3) is 0.0667. The Kier molecular flexibility index (Phi) is 4.17. The predicted molar refractivity (Wildman–Crippen MR) is 71.7 cm³/mol. The quantitative estimate of drug-likeness (QED) is 0.802. The molecular weight excluding hydrogens is 262 g/mol. The van der Waals surface area contributed by atoms with Crippen LogP contribution in [-0.2, 0) is 11.3 Å². The molecule has 0 spiro atoms. The SMILES string of the molecule is N#Cc1ccc(COC(=O)c2ccccc2Cl)cc1. The van der Waals surface area contributed by atoms with Crippen molar-refractivity contribution in [2.24, 2.45) is 0 Å². The fourth-order valence-electron chi connectivity index (χ4n) is 1.53. The molecule has 2 rings (SSSR count). The van der Waals surface area contributed by atoms with Crippen LogP contribution in [0.2, 0.25) is 5.02 Å². The molecule has 0 bridgehead atoms. The first-order valence-corrected chi connectivity index (χ1v) is 5.99. The van der Waals surface area contributed by atoms with E-state index in [1.54, 1.807) is 48.5 Å². The van der Waals surface area contributed by atoms with E-state index in [4.69, 9.17) is 21.6 Å². The predicted octanol–water partition coefficient (Wildman–Crippen LogP) is 3.57. The Hall–Kier alpha value is -2.31. The van der Waals surface area contributed by atoms with Gasteiger partial charge in [0.1, 0.15) is 6.61 Å². The van der Waals surface area contributed by atoms with Gasteiger partial charge >= 0.3 is 5.97 Å². The standard InChI is InChI=1S/C15H10ClNO2/c16-14-4-2-1-3-13(14)15(18)19-10-12-7-5-11(9-17)6-8-12/h1-8H,10H2. The highest BCUT2D eigenvalue weighted by atomic mass is 35.5. The first-order valence-electron chi connectivity index (χ1n) is 5.61. The van der Waals surface area contributed by atoms with Crippen molar-refractivity contribution in [2.45, 2.75) is 6.61 Å². The molecule has 0 saturated carbocycles. The molecule has 0 N–H and O–H groups in total. The Bertz CT molecular complexity index is 629. The van der Waals surface area contributed by atoms with Crippen molar-refractivity contribution in [3.8, 4) is 6.07 Å². The summed E-state index contributed by atoms with van der Waals surface area (Å²) in [5.41, 5.74) is 1.73. The molecule has 0 aliphatic rings. The van der Waals surface area contributed by atoms with Crippen molar-refractivity contribution in [2.75, 3.05) is 0 Å². The number of esters is 1. The molecule has 0 aliphatic carbocycles. The number of nitriles is 1. The average molecular weight is 272 g/mol. The number of benzene rings is 2. The molecule has 2 aromatic rings. The highest BCUT2D eigenvalue weighted by Gasteiger charge is 2.10. The zero-order chi connectivity index (χ0) is 13.7. The van der Waals surface area contributed by atoms with Gasteiger partial charge < -0.3 is 4.74 Å². The monoisotopic (exact) mass is 271 g/mol. The minimum absolute atomic E-state index is 0.149. The Morgan fingerprint density at radius 2 is 1.84 bits per heavy atom. The van der Waals surface area contributed by atoms with Crippen LogP contribution in [0, 0.1) is 11.3 Å². The third kappa shape index (κ3) is 3.34. The van der Waals surface area contributed by atoms with Gasteiger partial charge in [-0.3, -0.25) is 0 Å². The Morgan fingerprint density at radius 3 is 2.47 bits per heavy atom. The van der Waals surface area contributed by atoms with Gasteiger partial charge in [-0.25, -0.2) is 4.79 Å². The van der Waals surface area contributed by atoms with Gasteiger partial charge in [0.05, 0.1) is 22.2 Å². The highest BCUT2D eigenvalue weighted by Crippen LogP contribution is 2.16. The maximum Gasteiger partial charge on any atom is 0.339 e. The largest absolute Gasteiger partial charge is 0.457 e. The van der Waals surface area contributed by atoms with Crippen molar-refractivity contribution < 1.29 is 9.53 Å². The third-order valence-electron chi connectivity index (χ3n) is 2.55. The second kappa shape index (κ2) is 6.03. The highest BCUT2D eigenvalue weighted by molar-refractivity contribution is 6.33. The molecule has 0 unspecified atom stereocenters. The Labute approximate surface area is 116 Å². The lowest BCUT2D eigenvalue weighted by Crippen LogP contribution is -2.05. The number of carbonyl (C=O) groups is 1. The van der Waals surface area contributed by atoms with E-state index in [1.165, 1.54) is 0 Å².